The maximum atomic E-state index is 9.59. The molecule has 0 unspecified atom stereocenters. The van der Waals surface area contributed by atoms with Crippen LogP contribution in [-0.4, -0.2) is 17.3 Å². The average Bonchev–Trinajstić information content (AvgIpc) is 3.30. The molecule has 124 valence electrons. The van der Waals surface area contributed by atoms with Crippen LogP contribution in [0.4, 0.5) is 0 Å². The molecule has 0 amide bonds. The Hall–Kier alpha value is -3.66. The van der Waals surface area contributed by atoms with Crippen LogP contribution >= 0.6 is 0 Å². The number of benzene rings is 1. The number of aromatic nitrogens is 2. The van der Waals surface area contributed by atoms with Crippen LogP contribution in [0.3, 0.4) is 0 Å². The van der Waals surface area contributed by atoms with E-state index >= 15 is 0 Å². The van der Waals surface area contributed by atoms with Crippen molar-refractivity contribution in [2.45, 2.75) is 5.92 Å². The summed E-state index contributed by atoms with van der Waals surface area (Å²) in [5, 5.41) is 16.8. The van der Waals surface area contributed by atoms with Crippen molar-refractivity contribution in [3.63, 3.8) is 0 Å². The number of aromatic amines is 1. The van der Waals surface area contributed by atoms with E-state index < -0.39 is 5.92 Å². The van der Waals surface area contributed by atoms with Gasteiger partial charge in [-0.15, -0.1) is 5.10 Å². The van der Waals surface area contributed by atoms with Crippen LogP contribution in [-0.2, 0) is 0 Å². The molecule has 1 atom stereocenters. The molecule has 3 aromatic rings. The minimum absolute atomic E-state index is 0.0462. The van der Waals surface area contributed by atoms with E-state index in [-0.39, 0.29) is 5.88 Å². The SMILES string of the molecule is COc1cccc(-c2[nH]nc3c2[C@@H](c2ccoc2)C(C#N)=C(N)O3)c1. The van der Waals surface area contributed by atoms with Crippen LogP contribution in [0.1, 0.15) is 17.0 Å². The van der Waals surface area contributed by atoms with Crippen LogP contribution in [0.5, 0.6) is 11.6 Å². The first-order valence-corrected chi connectivity index (χ1v) is 7.55. The summed E-state index contributed by atoms with van der Waals surface area (Å²) in [7, 11) is 1.61. The van der Waals surface area contributed by atoms with Crippen molar-refractivity contribution in [1.29, 1.82) is 5.26 Å². The van der Waals surface area contributed by atoms with E-state index in [1.807, 2.05) is 24.3 Å². The van der Waals surface area contributed by atoms with Crippen LogP contribution in [0.15, 0.2) is 58.7 Å². The standard InChI is InChI=1S/C18H14N4O3/c1-23-12-4-2-3-10(7-12)16-15-14(11-5-6-24-9-11)13(8-19)17(20)25-18(15)22-21-16/h2-7,9,14H,20H2,1H3,(H,21,22)/t14-/m0/s1. The van der Waals surface area contributed by atoms with Gasteiger partial charge in [0, 0.05) is 11.1 Å². The van der Waals surface area contributed by atoms with Crippen LogP contribution in [0.25, 0.3) is 11.3 Å². The van der Waals surface area contributed by atoms with Gasteiger partial charge in [-0.3, -0.25) is 5.10 Å². The fourth-order valence-corrected chi connectivity index (χ4v) is 3.02. The number of methoxy groups -OCH3 is 1. The van der Waals surface area contributed by atoms with Crippen molar-refractivity contribution in [1.82, 2.24) is 10.2 Å². The summed E-state index contributed by atoms with van der Waals surface area (Å²) in [6, 6.07) is 11.5. The number of nitrogens with two attached hydrogens (primary N) is 1. The lowest BCUT2D eigenvalue weighted by Crippen LogP contribution is -2.20. The predicted molar refractivity (Wildman–Crippen MR) is 88.6 cm³/mol. The Morgan fingerprint density at radius 3 is 2.96 bits per heavy atom. The van der Waals surface area contributed by atoms with Gasteiger partial charge in [0.15, 0.2) is 0 Å². The molecule has 1 aliphatic rings. The van der Waals surface area contributed by atoms with Gasteiger partial charge in [0.05, 0.1) is 36.8 Å². The van der Waals surface area contributed by atoms with Gasteiger partial charge in [-0.1, -0.05) is 12.1 Å². The van der Waals surface area contributed by atoms with E-state index in [0.717, 1.165) is 22.4 Å². The molecule has 3 N–H and O–H groups in total. The number of allylic oxidation sites excluding steroid dienone is 1. The number of rotatable bonds is 3. The zero-order valence-electron chi connectivity index (χ0n) is 13.3. The lowest BCUT2D eigenvalue weighted by molar-refractivity contribution is 0.378. The Balaban J connectivity index is 1.93. The lowest BCUT2D eigenvalue weighted by Gasteiger charge is -2.22. The van der Waals surface area contributed by atoms with E-state index in [2.05, 4.69) is 16.3 Å². The number of fused-ring (bicyclic) bond motifs is 1. The van der Waals surface area contributed by atoms with E-state index in [1.54, 1.807) is 25.7 Å². The summed E-state index contributed by atoms with van der Waals surface area (Å²) >= 11 is 0. The Labute approximate surface area is 143 Å². The first-order chi connectivity index (χ1) is 12.2. The maximum Gasteiger partial charge on any atom is 0.244 e. The minimum Gasteiger partial charge on any atom is -0.497 e. The second-order valence-corrected chi connectivity index (χ2v) is 5.53. The number of hydrogen-bond acceptors (Lipinski definition) is 6. The first kappa shape index (κ1) is 14.9. The first-order valence-electron chi connectivity index (χ1n) is 7.55. The molecule has 3 heterocycles. The highest BCUT2D eigenvalue weighted by molar-refractivity contribution is 5.71. The molecule has 0 saturated carbocycles. The molecule has 1 aliphatic heterocycles. The molecule has 0 spiro atoms. The van der Waals surface area contributed by atoms with Crippen molar-refractivity contribution < 1.29 is 13.9 Å². The van der Waals surface area contributed by atoms with E-state index in [0.29, 0.717) is 17.2 Å². The Morgan fingerprint density at radius 2 is 2.24 bits per heavy atom. The normalized spacial score (nSPS) is 16.1. The maximum absolute atomic E-state index is 9.59. The topological polar surface area (TPSA) is 110 Å². The molecule has 7 nitrogen and oxygen atoms in total. The second kappa shape index (κ2) is 5.76. The minimum atomic E-state index is -0.424. The molecule has 0 aliphatic carbocycles. The van der Waals surface area contributed by atoms with Crippen LogP contribution in [0.2, 0.25) is 0 Å². The van der Waals surface area contributed by atoms with Gasteiger partial charge in [0.2, 0.25) is 11.8 Å². The highest BCUT2D eigenvalue weighted by atomic mass is 16.5. The number of nitriles is 1. The molecule has 0 fully saturated rings. The third-order valence-corrected chi connectivity index (χ3v) is 4.17. The molecular weight excluding hydrogens is 320 g/mol. The van der Waals surface area contributed by atoms with Crippen LogP contribution < -0.4 is 15.2 Å². The summed E-state index contributed by atoms with van der Waals surface area (Å²) < 4.78 is 16.1. The second-order valence-electron chi connectivity index (χ2n) is 5.53. The van der Waals surface area contributed by atoms with Crippen molar-refractivity contribution in [2.75, 3.05) is 7.11 Å². The Kier molecular flexibility index (Phi) is 3.43. The quantitative estimate of drug-likeness (QED) is 0.762. The van der Waals surface area contributed by atoms with Crippen molar-refractivity contribution >= 4 is 0 Å². The van der Waals surface area contributed by atoms with Gasteiger partial charge < -0.3 is 19.6 Å². The van der Waals surface area contributed by atoms with Gasteiger partial charge in [0.25, 0.3) is 0 Å². The van der Waals surface area contributed by atoms with Gasteiger partial charge >= 0.3 is 0 Å². The van der Waals surface area contributed by atoms with Gasteiger partial charge in [-0.2, -0.15) is 5.26 Å². The van der Waals surface area contributed by atoms with Gasteiger partial charge in [-0.05, 0) is 18.2 Å². The average molecular weight is 334 g/mol. The fraction of sp³-hybridized carbons (Fsp3) is 0.111. The smallest absolute Gasteiger partial charge is 0.244 e. The van der Waals surface area contributed by atoms with Crippen molar-refractivity contribution in [3.05, 3.63) is 65.4 Å². The van der Waals surface area contributed by atoms with Gasteiger partial charge in [-0.25, -0.2) is 0 Å². The third-order valence-electron chi connectivity index (χ3n) is 4.17. The highest BCUT2D eigenvalue weighted by Crippen LogP contribution is 2.45. The fourth-order valence-electron chi connectivity index (χ4n) is 3.02. The molecule has 25 heavy (non-hydrogen) atoms. The van der Waals surface area contributed by atoms with E-state index in [4.69, 9.17) is 19.6 Å². The Morgan fingerprint density at radius 1 is 1.36 bits per heavy atom. The van der Waals surface area contributed by atoms with Crippen LogP contribution in [0, 0.1) is 11.3 Å². The molecule has 0 radical (unpaired) electrons. The molecule has 7 heteroatoms. The number of H-pyrrole nitrogens is 1. The summed E-state index contributed by atoms with van der Waals surface area (Å²) in [4.78, 5) is 0. The zero-order valence-corrected chi connectivity index (χ0v) is 13.3. The molecule has 0 bridgehead atoms. The number of hydrogen-bond donors (Lipinski definition) is 2. The van der Waals surface area contributed by atoms with Gasteiger partial charge in [0.1, 0.15) is 17.4 Å². The molecule has 0 saturated heterocycles. The number of furan rings is 1. The number of nitrogens with zero attached hydrogens (tertiary/aromatic N) is 2. The third kappa shape index (κ3) is 2.32. The summed E-state index contributed by atoms with van der Waals surface area (Å²) in [6.07, 6.45) is 3.15. The molecular formula is C18H14N4O3. The molecule has 1 aromatic carbocycles. The lowest BCUT2D eigenvalue weighted by atomic mass is 9.84. The molecule has 4 rings (SSSR count). The number of ether oxygens (including phenoxy) is 2. The van der Waals surface area contributed by atoms with Crippen molar-refractivity contribution in [3.8, 4) is 29.0 Å². The summed E-state index contributed by atoms with van der Waals surface area (Å²) in [6.45, 7) is 0. The summed E-state index contributed by atoms with van der Waals surface area (Å²) in [5.74, 6) is 0.686. The monoisotopic (exact) mass is 334 g/mol. The number of nitrogens with one attached hydrogen (secondary N) is 1. The van der Waals surface area contributed by atoms with E-state index in [1.165, 1.54) is 0 Å². The highest BCUT2D eigenvalue weighted by Gasteiger charge is 2.36. The van der Waals surface area contributed by atoms with Crippen molar-refractivity contribution in [2.24, 2.45) is 5.73 Å². The summed E-state index contributed by atoms with van der Waals surface area (Å²) in [5.41, 5.74) is 9.38. The zero-order chi connectivity index (χ0) is 17.4. The largest absolute Gasteiger partial charge is 0.497 e. The Bertz CT molecular complexity index is 996. The predicted octanol–water partition coefficient (Wildman–Crippen LogP) is 2.90. The van der Waals surface area contributed by atoms with E-state index in [9.17, 15) is 5.26 Å². The molecule has 2 aromatic heterocycles.